The zero-order valence-electron chi connectivity index (χ0n) is 42.2. The number of nitro benzene ring substituents is 1. The molecule has 0 radical (unpaired) electrons. The molecule has 5 aliphatic rings. The summed E-state index contributed by atoms with van der Waals surface area (Å²) in [5.74, 6) is 1.09. The lowest BCUT2D eigenvalue weighted by atomic mass is 9.59. The van der Waals surface area contributed by atoms with Crippen molar-refractivity contribution in [1.82, 2.24) is 24.5 Å². The van der Waals surface area contributed by atoms with E-state index in [1.165, 1.54) is 74.8 Å². The lowest BCUT2D eigenvalue weighted by Gasteiger charge is -2.58. The molecule has 4 heterocycles. The number of aromatic nitrogens is 2. The number of carbonyl (C=O) groups is 1. The van der Waals surface area contributed by atoms with E-state index in [9.17, 15) is 28.4 Å². The lowest BCUT2D eigenvalue weighted by Crippen LogP contribution is -2.60. The number of hydrogen-bond acceptors (Lipinski definition) is 12. The van der Waals surface area contributed by atoms with E-state index in [0.29, 0.717) is 48.8 Å². The van der Waals surface area contributed by atoms with Gasteiger partial charge in [-0.2, -0.15) is 0 Å². The van der Waals surface area contributed by atoms with Gasteiger partial charge in [0.2, 0.25) is 0 Å². The number of nitrogens with zero attached hydrogens (tertiary/aromatic N) is 5. The fourth-order valence-corrected chi connectivity index (χ4v) is 13.7. The first-order chi connectivity index (χ1) is 34.6. The molecule has 2 aliphatic heterocycles. The molecule has 1 atom stereocenters. The normalized spacial score (nSPS) is 23.5. The molecule has 5 fully saturated rings. The molecule has 3 aliphatic carbocycles. The first-order valence-electron chi connectivity index (χ1n) is 26.5. The van der Waals surface area contributed by atoms with Crippen LogP contribution in [0.5, 0.6) is 11.5 Å². The van der Waals surface area contributed by atoms with E-state index in [1.54, 1.807) is 30.6 Å². The number of hydrogen-bond donors (Lipinski definition) is 4. The third kappa shape index (κ3) is 11.0. The fourth-order valence-electron chi connectivity index (χ4n) is 12.7. The van der Waals surface area contributed by atoms with Crippen LogP contribution in [0.4, 0.5) is 17.1 Å². The van der Waals surface area contributed by atoms with Gasteiger partial charge in [-0.1, -0.05) is 57.4 Å². The number of ether oxygens (including phenoxy) is 1. The van der Waals surface area contributed by atoms with Crippen LogP contribution in [0.3, 0.4) is 0 Å². The number of aromatic amines is 1. The molecule has 3 aromatic carbocycles. The number of pyridine rings is 1. The van der Waals surface area contributed by atoms with Gasteiger partial charge in [0.25, 0.3) is 21.6 Å². The number of amides is 1. The SMILES string of the molecule is CC(C)c1ccccc1C1CN(CC2CCCCC2)CCN1C1CC2(CCN(c3ccc(C(=O)NS(=O)(=O)c4ccc(NC[C@H]5CC[C@](C)(O)CC5)c([N+](=O)[O-])c4)c(Oc4cnc5[nH]ccc5c4)c3)CC2)C1. The smallest absolute Gasteiger partial charge is 0.293 e. The number of anilines is 2. The van der Waals surface area contributed by atoms with E-state index in [2.05, 4.69) is 72.8 Å². The van der Waals surface area contributed by atoms with E-state index in [0.717, 1.165) is 81.5 Å². The van der Waals surface area contributed by atoms with E-state index < -0.39 is 37.0 Å². The van der Waals surface area contributed by atoms with Crippen molar-refractivity contribution in [2.75, 3.05) is 56.0 Å². The lowest BCUT2D eigenvalue weighted by molar-refractivity contribution is -0.384. The van der Waals surface area contributed by atoms with Crippen molar-refractivity contribution in [2.24, 2.45) is 17.3 Å². The molecule has 384 valence electrons. The molecular formula is C56H72N8O7S. The molecule has 72 heavy (non-hydrogen) atoms. The minimum Gasteiger partial charge on any atom is -0.455 e. The highest BCUT2D eigenvalue weighted by Gasteiger charge is 2.50. The van der Waals surface area contributed by atoms with Gasteiger partial charge >= 0.3 is 0 Å². The molecule has 0 bridgehead atoms. The van der Waals surface area contributed by atoms with Crippen molar-refractivity contribution in [2.45, 2.75) is 133 Å². The summed E-state index contributed by atoms with van der Waals surface area (Å²) < 4.78 is 36.3. The van der Waals surface area contributed by atoms with Gasteiger partial charge in [0.15, 0.2) is 0 Å². The Balaban J connectivity index is 0.828. The minimum atomic E-state index is -4.58. The van der Waals surface area contributed by atoms with Crippen molar-refractivity contribution in [3.8, 4) is 11.5 Å². The maximum atomic E-state index is 14.1. The number of nitro groups is 1. The summed E-state index contributed by atoms with van der Waals surface area (Å²) >= 11 is 0. The molecule has 2 saturated heterocycles. The highest BCUT2D eigenvalue weighted by Crippen LogP contribution is 2.53. The number of sulfonamides is 1. The Kier molecular flexibility index (Phi) is 14.4. The maximum Gasteiger partial charge on any atom is 0.293 e. The Morgan fingerprint density at radius 3 is 2.44 bits per heavy atom. The fraction of sp³-hybridized carbons (Fsp3) is 0.536. The largest absolute Gasteiger partial charge is 0.455 e. The van der Waals surface area contributed by atoms with Crippen LogP contribution in [0.2, 0.25) is 0 Å². The van der Waals surface area contributed by atoms with Crippen LogP contribution in [0.25, 0.3) is 11.0 Å². The first kappa shape index (κ1) is 50.0. The van der Waals surface area contributed by atoms with E-state index >= 15 is 0 Å². The number of aliphatic hydroxyl groups is 1. The van der Waals surface area contributed by atoms with Crippen LogP contribution in [0.15, 0.2) is 90.1 Å². The van der Waals surface area contributed by atoms with Crippen LogP contribution in [-0.4, -0.2) is 102 Å². The van der Waals surface area contributed by atoms with Gasteiger partial charge in [-0.05, 0) is 142 Å². The summed E-state index contributed by atoms with van der Waals surface area (Å²) in [5.41, 5.74) is 3.81. The maximum absolute atomic E-state index is 14.1. The van der Waals surface area contributed by atoms with Crippen molar-refractivity contribution in [1.29, 1.82) is 0 Å². The minimum absolute atomic E-state index is 0.0153. The van der Waals surface area contributed by atoms with Crippen molar-refractivity contribution in [3.05, 3.63) is 112 Å². The second kappa shape index (κ2) is 20.8. The van der Waals surface area contributed by atoms with Crippen molar-refractivity contribution >= 4 is 44.0 Å². The van der Waals surface area contributed by atoms with Gasteiger partial charge in [-0.25, -0.2) is 18.1 Å². The molecule has 4 N–H and O–H groups in total. The highest BCUT2D eigenvalue weighted by atomic mass is 32.2. The molecule has 16 heteroatoms. The molecule has 2 aromatic heterocycles. The average molecular weight is 1000 g/mol. The van der Waals surface area contributed by atoms with Crippen LogP contribution in [0, 0.1) is 27.4 Å². The highest BCUT2D eigenvalue weighted by molar-refractivity contribution is 7.90. The Morgan fingerprint density at radius 2 is 1.69 bits per heavy atom. The van der Waals surface area contributed by atoms with E-state index in [1.807, 2.05) is 19.1 Å². The quantitative estimate of drug-likeness (QED) is 0.0575. The topological polar surface area (TPSA) is 186 Å². The summed E-state index contributed by atoms with van der Waals surface area (Å²) in [6.07, 6.45) is 17.5. The molecule has 3 saturated carbocycles. The molecule has 1 unspecified atom stereocenters. The second-order valence-electron chi connectivity index (χ2n) is 22.4. The summed E-state index contributed by atoms with van der Waals surface area (Å²) in [6, 6.07) is 22.6. The number of carbonyl (C=O) groups excluding carboxylic acids is 1. The van der Waals surface area contributed by atoms with Crippen molar-refractivity contribution < 1.29 is 28.0 Å². The summed E-state index contributed by atoms with van der Waals surface area (Å²) in [6.45, 7) is 13.1. The second-order valence-corrected chi connectivity index (χ2v) is 24.1. The third-order valence-corrected chi connectivity index (χ3v) is 18.3. The predicted octanol–water partition coefficient (Wildman–Crippen LogP) is 10.5. The zero-order chi connectivity index (χ0) is 50.2. The predicted molar refractivity (Wildman–Crippen MR) is 281 cm³/mol. The number of piperidine rings is 1. The summed E-state index contributed by atoms with van der Waals surface area (Å²) in [4.78, 5) is 40.8. The standard InChI is InChI=1S/C56H72N8O7S/c1-38(2)46-11-7-8-12-47(46)51-37-61(36-40-9-5-4-6-10-40)27-28-63(51)43-32-56(33-43)22-25-62(26-23-56)42-13-15-48(52(30-42)71-44-29-41-19-24-57-53(41)59-35-44)54(65)60-72(69,70)45-14-16-49(50(31-45)64(67)68)58-34-39-17-20-55(3,66)21-18-39/h7-8,11-16,19,24,29-31,35,38-40,43,51,58,66H,4-6,9-10,17-18,20-23,25-28,32-34,36-37H2,1-3H3,(H,57,59)(H,60,65)/t39-,51?,55-. The molecule has 1 amide bonds. The molecule has 15 nitrogen and oxygen atoms in total. The number of benzene rings is 3. The molecule has 1 spiro atoms. The summed E-state index contributed by atoms with van der Waals surface area (Å²) in [5, 5.41) is 26.5. The number of nitrogens with one attached hydrogen (secondary N) is 3. The van der Waals surface area contributed by atoms with Crippen LogP contribution in [0.1, 0.15) is 138 Å². The van der Waals surface area contributed by atoms with Gasteiger partial charge < -0.3 is 25.0 Å². The average Bonchev–Trinajstić information content (AvgIpc) is 3.84. The van der Waals surface area contributed by atoms with Gasteiger partial charge in [0.05, 0.1) is 27.2 Å². The Morgan fingerprint density at radius 1 is 0.931 bits per heavy atom. The number of rotatable bonds is 15. The summed E-state index contributed by atoms with van der Waals surface area (Å²) in [7, 11) is -4.58. The number of fused-ring (bicyclic) bond motifs is 1. The van der Waals surface area contributed by atoms with Gasteiger partial charge in [-0.15, -0.1) is 0 Å². The van der Waals surface area contributed by atoms with Crippen LogP contribution >= 0.6 is 0 Å². The molecule has 5 aromatic rings. The van der Waals surface area contributed by atoms with Gasteiger partial charge in [-0.3, -0.25) is 24.7 Å². The van der Waals surface area contributed by atoms with E-state index in [4.69, 9.17) is 4.74 Å². The van der Waals surface area contributed by atoms with Gasteiger partial charge in [0, 0.05) is 87.3 Å². The Labute approximate surface area is 424 Å². The monoisotopic (exact) mass is 1000 g/mol. The first-order valence-corrected chi connectivity index (χ1v) is 28.0. The van der Waals surface area contributed by atoms with Crippen molar-refractivity contribution in [3.63, 3.8) is 0 Å². The Bertz CT molecular complexity index is 2850. The van der Waals surface area contributed by atoms with E-state index in [-0.39, 0.29) is 28.3 Å². The Hall–Kier alpha value is -5.55. The van der Waals surface area contributed by atoms with Crippen LogP contribution in [-0.2, 0) is 10.0 Å². The number of piperazine rings is 1. The third-order valence-electron chi connectivity index (χ3n) is 17.0. The number of H-pyrrole nitrogens is 1. The zero-order valence-corrected chi connectivity index (χ0v) is 43.0. The van der Waals surface area contributed by atoms with Gasteiger partial charge in [0.1, 0.15) is 22.8 Å². The van der Waals surface area contributed by atoms with Crippen LogP contribution < -0.4 is 19.7 Å². The molecule has 10 rings (SSSR count). The molecular weight excluding hydrogens is 929 g/mol.